The quantitative estimate of drug-likeness (QED) is 0.661. The molecule has 7 heteroatoms. The van der Waals surface area contributed by atoms with Gasteiger partial charge in [-0.15, -0.1) is 0 Å². The van der Waals surface area contributed by atoms with E-state index in [0.29, 0.717) is 22.3 Å². The first-order valence-electron chi connectivity index (χ1n) is 8.18. The van der Waals surface area contributed by atoms with Crippen LogP contribution in [0.3, 0.4) is 0 Å². The number of halogens is 3. The summed E-state index contributed by atoms with van der Waals surface area (Å²) in [5, 5.41) is 9.84. The van der Waals surface area contributed by atoms with E-state index in [0.717, 1.165) is 17.5 Å². The highest BCUT2D eigenvalue weighted by Crippen LogP contribution is 2.31. The maximum absolute atomic E-state index is 13.1. The molecule has 0 fully saturated rings. The van der Waals surface area contributed by atoms with Crippen LogP contribution >= 0.6 is 0 Å². The number of rotatable bonds is 4. The number of aryl methyl sites for hydroxylation is 1. The zero-order valence-corrected chi connectivity index (χ0v) is 14.7. The minimum atomic E-state index is -4.41. The number of aliphatic carboxylic acids is 1. The molecule has 0 unspecified atom stereocenters. The highest BCUT2D eigenvalue weighted by atomic mass is 19.4. The smallest absolute Gasteiger partial charge is 0.416 e. The van der Waals surface area contributed by atoms with Gasteiger partial charge in [0.05, 0.1) is 5.56 Å². The van der Waals surface area contributed by atoms with E-state index in [2.05, 4.69) is 4.98 Å². The molecule has 1 N–H and O–H groups in total. The van der Waals surface area contributed by atoms with Crippen LogP contribution in [0.1, 0.15) is 29.2 Å². The molecule has 140 valence electrons. The van der Waals surface area contributed by atoms with Crippen molar-refractivity contribution in [2.45, 2.75) is 26.6 Å². The van der Waals surface area contributed by atoms with E-state index in [9.17, 15) is 18.0 Å². The third-order valence-corrected chi connectivity index (χ3v) is 4.19. The molecule has 27 heavy (non-hydrogen) atoms. The number of nitrogens with zero attached hydrogens (tertiary/aromatic N) is 2. The molecule has 2 aromatic heterocycles. The number of fused-ring (bicyclic) bond motifs is 1. The van der Waals surface area contributed by atoms with Gasteiger partial charge < -0.3 is 9.67 Å². The number of hydrogen-bond acceptors (Lipinski definition) is 2. The van der Waals surface area contributed by atoms with Gasteiger partial charge in [0.2, 0.25) is 0 Å². The second-order valence-corrected chi connectivity index (χ2v) is 6.42. The highest BCUT2D eigenvalue weighted by molar-refractivity contribution is 5.96. The van der Waals surface area contributed by atoms with Gasteiger partial charge in [-0.2, -0.15) is 13.2 Å². The van der Waals surface area contributed by atoms with Gasteiger partial charge in [-0.25, -0.2) is 9.78 Å². The predicted molar refractivity (Wildman–Crippen MR) is 96.3 cm³/mol. The van der Waals surface area contributed by atoms with Gasteiger partial charge in [-0.1, -0.05) is 11.6 Å². The maximum atomic E-state index is 13.1. The lowest BCUT2D eigenvalue weighted by Crippen LogP contribution is -2.07. The Kier molecular flexibility index (Phi) is 4.78. The second-order valence-electron chi connectivity index (χ2n) is 6.42. The first kappa shape index (κ1) is 18.7. The number of aromatic nitrogens is 2. The number of benzene rings is 1. The van der Waals surface area contributed by atoms with E-state index in [4.69, 9.17) is 5.11 Å². The monoisotopic (exact) mass is 374 g/mol. The van der Waals surface area contributed by atoms with Gasteiger partial charge in [0.25, 0.3) is 0 Å². The van der Waals surface area contributed by atoms with Gasteiger partial charge in [-0.3, -0.25) is 0 Å². The van der Waals surface area contributed by atoms with E-state index in [1.807, 2.05) is 0 Å². The molecule has 0 aliphatic rings. The summed E-state index contributed by atoms with van der Waals surface area (Å²) in [6, 6.07) is 7.47. The fraction of sp³-hybridized carbons (Fsp3) is 0.200. The van der Waals surface area contributed by atoms with Crippen molar-refractivity contribution in [2.75, 3.05) is 0 Å². The van der Waals surface area contributed by atoms with Crippen molar-refractivity contribution < 1.29 is 23.1 Å². The van der Waals surface area contributed by atoms with E-state index >= 15 is 0 Å². The van der Waals surface area contributed by atoms with E-state index in [1.54, 1.807) is 42.1 Å². The maximum Gasteiger partial charge on any atom is 0.416 e. The molecule has 4 nitrogen and oxygen atoms in total. The molecule has 0 aliphatic heterocycles. The number of pyridine rings is 1. The third-order valence-electron chi connectivity index (χ3n) is 4.19. The Morgan fingerprint density at radius 2 is 2.04 bits per heavy atom. The van der Waals surface area contributed by atoms with Crippen LogP contribution in [0.4, 0.5) is 13.2 Å². The molecule has 0 aliphatic carbocycles. The van der Waals surface area contributed by atoms with Crippen molar-refractivity contribution in [3.05, 3.63) is 70.6 Å². The van der Waals surface area contributed by atoms with Crippen LogP contribution in [-0.2, 0) is 17.5 Å². The molecule has 3 aromatic rings. The Labute approximate surface area is 153 Å². The lowest BCUT2D eigenvalue weighted by Gasteiger charge is -2.11. The topological polar surface area (TPSA) is 55.1 Å². The summed E-state index contributed by atoms with van der Waals surface area (Å²) in [4.78, 5) is 15.4. The fourth-order valence-electron chi connectivity index (χ4n) is 2.99. The van der Waals surface area contributed by atoms with Gasteiger partial charge in [0, 0.05) is 35.5 Å². The van der Waals surface area contributed by atoms with Crippen LogP contribution in [0.5, 0.6) is 0 Å². The zero-order valence-electron chi connectivity index (χ0n) is 14.7. The van der Waals surface area contributed by atoms with E-state index in [-0.39, 0.29) is 12.1 Å². The Morgan fingerprint density at radius 3 is 2.70 bits per heavy atom. The van der Waals surface area contributed by atoms with Crippen molar-refractivity contribution >= 4 is 23.1 Å². The zero-order chi connectivity index (χ0) is 19.8. The predicted octanol–water partition coefficient (Wildman–Crippen LogP) is 4.90. The number of carbonyl (C=O) groups is 1. The molecule has 0 radical (unpaired) electrons. The van der Waals surface area contributed by atoms with Crippen LogP contribution < -0.4 is 0 Å². The summed E-state index contributed by atoms with van der Waals surface area (Å²) in [7, 11) is 0. The summed E-state index contributed by atoms with van der Waals surface area (Å²) >= 11 is 0. The van der Waals surface area contributed by atoms with Gasteiger partial charge in [-0.05, 0) is 49.8 Å². The SMILES string of the molecule is C/C(=C\c1cn(Cc2cc(C)cc(C(F)(F)F)c2)c2ncccc12)C(=O)O. The largest absolute Gasteiger partial charge is 0.478 e. The Bertz CT molecular complexity index is 1050. The molecule has 0 atom stereocenters. The van der Waals surface area contributed by atoms with Crippen LogP contribution in [-0.4, -0.2) is 20.6 Å². The highest BCUT2D eigenvalue weighted by Gasteiger charge is 2.30. The molecule has 0 spiro atoms. The third kappa shape index (κ3) is 4.02. The van der Waals surface area contributed by atoms with Crippen molar-refractivity contribution in [3.63, 3.8) is 0 Å². The van der Waals surface area contributed by atoms with E-state index < -0.39 is 17.7 Å². The molecular formula is C20H17F3N2O2. The van der Waals surface area contributed by atoms with Gasteiger partial charge in [0.15, 0.2) is 0 Å². The summed E-state index contributed by atoms with van der Waals surface area (Å²) in [6.07, 6.45) is 0.415. The van der Waals surface area contributed by atoms with Crippen molar-refractivity contribution in [1.29, 1.82) is 0 Å². The standard InChI is InChI=1S/C20H17F3N2O2/c1-12-6-14(9-16(7-12)20(21,22)23)10-25-11-15(8-13(2)19(26)27)17-4-3-5-24-18(17)25/h3-9,11H,10H2,1-2H3,(H,26,27)/b13-8+. The van der Waals surface area contributed by atoms with Crippen molar-refractivity contribution in [1.82, 2.24) is 9.55 Å². The first-order chi connectivity index (χ1) is 12.6. The molecule has 0 amide bonds. The van der Waals surface area contributed by atoms with Crippen molar-refractivity contribution in [2.24, 2.45) is 0 Å². The molecule has 0 bridgehead atoms. The number of carboxylic acid groups (broad SMARTS) is 1. The summed E-state index contributed by atoms with van der Waals surface area (Å²) in [5.41, 5.74) is 1.72. The Hall–Kier alpha value is -3.09. The van der Waals surface area contributed by atoms with Crippen molar-refractivity contribution in [3.8, 4) is 0 Å². The summed E-state index contributed by atoms with van der Waals surface area (Å²) in [5.74, 6) is -1.03. The lowest BCUT2D eigenvalue weighted by atomic mass is 10.1. The fourth-order valence-corrected chi connectivity index (χ4v) is 2.99. The molecular weight excluding hydrogens is 357 g/mol. The first-order valence-corrected chi connectivity index (χ1v) is 8.18. The number of hydrogen-bond donors (Lipinski definition) is 1. The van der Waals surface area contributed by atoms with Crippen LogP contribution in [0, 0.1) is 6.92 Å². The Balaban J connectivity index is 2.08. The lowest BCUT2D eigenvalue weighted by molar-refractivity contribution is -0.137. The summed E-state index contributed by atoms with van der Waals surface area (Å²) in [6.45, 7) is 3.30. The van der Waals surface area contributed by atoms with Gasteiger partial charge >= 0.3 is 12.1 Å². The Morgan fingerprint density at radius 1 is 1.30 bits per heavy atom. The molecule has 0 saturated carbocycles. The average molecular weight is 374 g/mol. The van der Waals surface area contributed by atoms with Crippen LogP contribution in [0.25, 0.3) is 17.1 Å². The number of carboxylic acids is 1. The van der Waals surface area contributed by atoms with E-state index in [1.165, 1.54) is 13.0 Å². The molecule has 0 saturated heterocycles. The molecule has 3 rings (SSSR count). The van der Waals surface area contributed by atoms with Gasteiger partial charge in [0.1, 0.15) is 5.65 Å². The molecule has 2 heterocycles. The second kappa shape index (κ2) is 6.90. The normalized spacial score (nSPS) is 12.6. The molecule has 1 aromatic carbocycles. The average Bonchev–Trinajstić information content (AvgIpc) is 2.91. The summed E-state index contributed by atoms with van der Waals surface area (Å²) < 4.78 is 41.0. The van der Waals surface area contributed by atoms with Crippen LogP contribution in [0.2, 0.25) is 0 Å². The minimum absolute atomic E-state index is 0.160. The minimum Gasteiger partial charge on any atom is -0.478 e. The number of alkyl halides is 3. The van der Waals surface area contributed by atoms with Crippen LogP contribution in [0.15, 0.2) is 48.3 Å².